The molecule has 0 amide bonds. The summed E-state index contributed by atoms with van der Waals surface area (Å²) in [5.74, 6) is 0.808. The number of hydrogen-bond acceptors (Lipinski definition) is 4. The van der Waals surface area contributed by atoms with Crippen LogP contribution in [0.15, 0.2) is 245 Å². The van der Waals surface area contributed by atoms with E-state index in [9.17, 15) is 0 Å². The predicted molar refractivity (Wildman–Crippen MR) is 327 cm³/mol. The molecule has 0 fully saturated rings. The maximum absolute atomic E-state index is 7.53. The molecule has 0 saturated carbocycles. The average molecular weight is 1040 g/mol. The number of anilines is 5. The summed E-state index contributed by atoms with van der Waals surface area (Å²) in [5.41, 5.74) is 26.3. The first-order chi connectivity index (χ1) is 38.5. The molecule has 3 nitrogen and oxygen atoms in total. The van der Waals surface area contributed by atoms with Crippen molar-refractivity contribution in [1.82, 2.24) is 0 Å². The van der Waals surface area contributed by atoms with Gasteiger partial charge in [-0.05, 0) is 171 Å². The zero-order chi connectivity index (χ0) is 53.1. The van der Waals surface area contributed by atoms with Gasteiger partial charge in [-0.1, -0.05) is 191 Å². The fourth-order valence-corrected chi connectivity index (χ4v) is 16.4. The molecule has 2 heterocycles. The van der Waals surface area contributed by atoms with Crippen LogP contribution in [0.4, 0.5) is 28.4 Å². The maximum atomic E-state index is 7.53. The van der Waals surface area contributed by atoms with E-state index in [4.69, 9.17) is 4.42 Å². The number of nitrogens with zero attached hydrogens (tertiary/aromatic N) is 2. The molecule has 5 aliphatic rings. The third-order valence-electron chi connectivity index (χ3n) is 18.7. The summed E-state index contributed by atoms with van der Waals surface area (Å²) in [6.07, 6.45) is 2.69. The lowest BCUT2D eigenvalue weighted by Gasteiger charge is -2.45. The van der Waals surface area contributed by atoms with Crippen molar-refractivity contribution in [3.8, 4) is 22.3 Å². The largest absolute Gasteiger partial charge is 0.460 e. The molecule has 4 heteroatoms. The van der Waals surface area contributed by atoms with Crippen LogP contribution in [0.2, 0.25) is 0 Å². The highest BCUT2D eigenvalue weighted by molar-refractivity contribution is 7.99. The minimum atomic E-state index is -0.629. The van der Waals surface area contributed by atoms with Gasteiger partial charge in [0.05, 0.1) is 17.0 Å². The van der Waals surface area contributed by atoms with E-state index in [1.165, 1.54) is 87.7 Å². The third-order valence-corrected chi connectivity index (χ3v) is 19.8. The van der Waals surface area contributed by atoms with Crippen LogP contribution in [0.3, 0.4) is 0 Å². The molecule has 1 aliphatic heterocycles. The number of fused-ring (bicyclic) bond motifs is 19. The summed E-state index contributed by atoms with van der Waals surface area (Å²) in [6.45, 7) is 14.0. The van der Waals surface area contributed by atoms with Crippen molar-refractivity contribution in [2.24, 2.45) is 5.92 Å². The summed E-state index contributed by atoms with van der Waals surface area (Å²) in [5, 5.41) is 1.13. The standard InChI is InChI=1S/C75H58N2OS/c1-45-19-17-21-47(39-45)76(49-33-36-54-52-23-7-10-26-58(52)73(3,4)62(54)41-49)50-35-38-56-64(43-50)75(60-28-12-15-31-68(60)79-69-32-16-13-29-61(69)75)65-44-66(71-57-25-9-14-30-67(57)78-72(71)70(56)65)77(48-22-18-20-46(2)40-48)51-34-37-55-53-24-8-11-27-59(53)74(5,6)63(55)42-51/h7-44,65,70H,1-6H3. The van der Waals surface area contributed by atoms with Gasteiger partial charge in [0.1, 0.15) is 11.3 Å². The quantitative estimate of drug-likeness (QED) is 0.165. The average Bonchev–Trinajstić information content (AvgIpc) is 3.82. The highest BCUT2D eigenvalue weighted by atomic mass is 32.2. The van der Waals surface area contributed by atoms with E-state index in [1.54, 1.807) is 0 Å². The van der Waals surface area contributed by atoms with Crippen LogP contribution in [0.25, 0.3) is 38.9 Å². The first-order valence-electron chi connectivity index (χ1n) is 28.0. The number of furan rings is 1. The number of hydrogen-bond donors (Lipinski definition) is 0. The van der Waals surface area contributed by atoms with E-state index in [0.29, 0.717) is 0 Å². The first kappa shape index (κ1) is 46.5. The Balaban J connectivity index is 0.980. The highest BCUT2D eigenvalue weighted by Crippen LogP contribution is 2.68. The number of rotatable bonds is 6. The van der Waals surface area contributed by atoms with Gasteiger partial charge in [-0.3, -0.25) is 0 Å². The summed E-state index contributed by atoms with van der Waals surface area (Å²) in [6, 6.07) is 85.1. The van der Waals surface area contributed by atoms with Crippen LogP contribution in [0, 0.1) is 19.8 Å². The van der Waals surface area contributed by atoms with Crippen molar-refractivity contribution in [2.45, 2.75) is 73.5 Å². The van der Waals surface area contributed by atoms with Gasteiger partial charge in [0, 0.05) is 65.9 Å². The Hall–Kier alpha value is -8.57. The van der Waals surface area contributed by atoms with Crippen LogP contribution in [0.5, 0.6) is 0 Å². The Kier molecular flexibility index (Phi) is 9.85. The van der Waals surface area contributed by atoms with E-state index < -0.39 is 5.41 Å². The topological polar surface area (TPSA) is 19.6 Å². The molecule has 0 N–H and O–H groups in total. The Bertz CT molecular complexity index is 4390. The lowest BCUT2D eigenvalue weighted by atomic mass is 9.62. The van der Waals surface area contributed by atoms with E-state index in [-0.39, 0.29) is 22.7 Å². The van der Waals surface area contributed by atoms with Crippen molar-refractivity contribution in [3.05, 3.63) is 297 Å². The molecule has 0 radical (unpaired) electrons. The normalized spacial score (nSPS) is 17.6. The molecular weight excluding hydrogens is 977 g/mol. The molecular formula is C75H58N2OS. The molecule has 0 bridgehead atoms. The molecule has 11 aromatic rings. The Labute approximate surface area is 467 Å². The molecule has 10 aromatic carbocycles. The smallest absolute Gasteiger partial charge is 0.135 e. The van der Waals surface area contributed by atoms with E-state index in [2.05, 4.69) is 282 Å². The lowest BCUT2D eigenvalue weighted by molar-refractivity contribution is 0.393. The summed E-state index contributed by atoms with van der Waals surface area (Å²) in [7, 11) is 0. The van der Waals surface area contributed by atoms with Crippen molar-refractivity contribution in [2.75, 3.05) is 9.80 Å². The minimum Gasteiger partial charge on any atom is -0.460 e. The van der Waals surface area contributed by atoms with E-state index >= 15 is 0 Å². The van der Waals surface area contributed by atoms with Crippen molar-refractivity contribution in [3.63, 3.8) is 0 Å². The molecule has 4 aliphatic carbocycles. The SMILES string of the molecule is Cc1cccc(N(C2=CC3C(c4ccc(N(c5cccc(C)c5)c5ccc6c(c5)C(C)(C)c5ccccc5-6)cc4C34c3ccccc3Sc3ccccc34)c3oc4ccccc4c32)c2ccc3c(c2)C(C)(C)c2ccccc2-3)c1. The minimum absolute atomic E-state index is 0.0989. The highest BCUT2D eigenvalue weighted by Gasteiger charge is 2.60. The second kappa shape index (κ2) is 16.7. The van der Waals surface area contributed by atoms with E-state index in [1.807, 2.05) is 11.8 Å². The summed E-state index contributed by atoms with van der Waals surface area (Å²) in [4.78, 5) is 7.65. The van der Waals surface area contributed by atoms with Crippen molar-refractivity contribution < 1.29 is 4.42 Å². The van der Waals surface area contributed by atoms with Gasteiger partial charge in [-0.25, -0.2) is 0 Å². The van der Waals surface area contributed by atoms with Crippen LogP contribution < -0.4 is 9.80 Å². The number of para-hydroxylation sites is 1. The fraction of sp³-hybridized carbons (Fsp3) is 0.147. The predicted octanol–water partition coefficient (Wildman–Crippen LogP) is 19.9. The second-order valence-electron chi connectivity index (χ2n) is 23.7. The molecule has 0 saturated heterocycles. The van der Waals surface area contributed by atoms with Crippen molar-refractivity contribution in [1.29, 1.82) is 0 Å². The fourth-order valence-electron chi connectivity index (χ4n) is 15.2. The Morgan fingerprint density at radius 1 is 0.405 bits per heavy atom. The van der Waals surface area contributed by atoms with Crippen LogP contribution in [-0.4, -0.2) is 0 Å². The van der Waals surface area contributed by atoms with E-state index in [0.717, 1.165) is 56.4 Å². The molecule has 380 valence electrons. The molecule has 79 heavy (non-hydrogen) atoms. The Morgan fingerprint density at radius 3 is 1.47 bits per heavy atom. The van der Waals surface area contributed by atoms with Crippen LogP contribution >= 0.6 is 11.8 Å². The molecule has 1 spiro atoms. The number of aryl methyl sites for hydroxylation is 2. The molecule has 1 aromatic heterocycles. The molecule has 2 unspecified atom stereocenters. The van der Waals surface area contributed by atoms with Crippen LogP contribution in [0.1, 0.15) is 101 Å². The number of allylic oxidation sites excluding steroid dienone is 1. The second-order valence-corrected chi connectivity index (χ2v) is 24.8. The van der Waals surface area contributed by atoms with Gasteiger partial charge >= 0.3 is 0 Å². The Morgan fingerprint density at radius 2 is 0.873 bits per heavy atom. The first-order valence-corrected chi connectivity index (χ1v) is 28.8. The van der Waals surface area contributed by atoms with Gasteiger partial charge < -0.3 is 14.2 Å². The zero-order valence-corrected chi connectivity index (χ0v) is 46.1. The molecule has 16 rings (SSSR count). The van der Waals surface area contributed by atoms with Gasteiger partial charge in [0.2, 0.25) is 0 Å². The van der Waals surface area contributed by atoms with Gasteiger partial charge in [-0.15, -0.1) is 0 Å². The zero-order valence-electron chi connectivity index (χ0n) is 45.3. The molecule has 2 atom stereocenters. The third kappa shape index (κ3) is 6.44. The van der Waals surface area contributed by atoms with Gasteiger partial charge in [0.15, 0.2) is 0 Å². The summed E-state index contributed by atoms with van der Waals surface area (Å²) >= 11 is 1.90. The summed E-state index contributed by atoms with van der Waals surface area (Å²) < 4.78 is 7.53. The number of benzene rings is 10. The lowest BCUT2D eigenvalue weighted by Crippen LogP contribution is -2.39. The van der Waals surface area contributed by atoms with Crippen molar-refractivity contribution >= 4 is 56.9 Å². The van der Waals surface area contributed by atoms with Gasteiger partial charge in [-0.2, -0.15) is 0 Å². The van der Waals surface area contributed by atoms with Gasteiger partial charge in [0.25, 0.3) is 0 Å². The maximum Gasteiger partial charge on any atom is 0.135 e. The monoisotopic (exact) mass is 1030 g/mol. The van der Waals surface area contributed by atoms with Crippen LogP contribution in [-0.2, 0) is 16.2 Å².